The van der Waals surface area contributed by atoms with E-state index in [1.165, 1.54) is 6.07 Å². The van der Waals surface area contributed by atoms with Gasteiger partial charge in [0, 0.05) is 17.8 Å². The third kappa shape index (κ3) is 2.76. The molecule has 1 saturated heterocycles. The number of benzene rings is 1. The van der Waals surface area contributed by atoms with Crippen LogP contribution in [0.4, 0.5) is 4.39 Å². The number of hydrogen-bond donors (Lipinski definition) is 0. The molecule has 5 heteroatoms. The van der Waals surface area contributed by atoms with E-state index < -0.39 is 0 Å². The van der Waals surface area contributed by atoms with Crippen LogP contribution >= 0.6 is 0 Å². The fourth-order valence-corrected chi connectivity index (χ4v) is 3.10. The fraction of sp³-hybridized carbons (Fsp3) is 0.444. The van der Waals surface area contributed by atoms with Crippen molar-refractivity contribution in [3.63, 3.8) is 0 Å². The summed E-state index contributed by atoms with van der Waals surface area (Å²) in [6.45, 7) is 8.73. The van der Waals surface area contributed by atoms with E-state index in [1.54, 1.807) is 23.1 Å². The minimum absolute atomic E-state index is 0.129. The van der Waals surface area contributed by atoms with E-state index in [0.717, 1.165) is 12.1 Å². The zero-order valence-corrected chi connectivity index (χ0v) is 14.0. The SMILES string of the molecule is Cc1cc(C(=O)N2CC[C@@H]2c2ccccc2F)nn1C(C)(C)C. The van der Waals surface area contributed by atoms with Crippen LogP contribution in [0.2, 0.25) is 0 Å². The van der Waals surface area contributed by atoms with E-state index in [2.05, 4.69) is 5.10 Å². The van der Waals surface area contributed by atoms with Gasteiger partial charge in [-0.2, -0.15) is 5.10 Å². The fourth-order valence-electron chi connectivity index (χ4n) is 3.10. The van der Waals surface area contributed by atoms with E-state index in [1.807, 2.05) is 38.4 Å². The van der Waals surface area contributed by atoms with E-state index in [-0.39, 0.29) is 23.3 Å². The topological polar surface area (TPSA) is 38.1 Å². The van der Waals surface area contributed by atoms with E-state index in [9.17, 15) is 9.18 Å². The molecule has 3 rings (SSSR count). The van der Waals surface area contributed by atoms with Crippen LogP contribution in [0.3, 0.4) is 0 Å². The molecule has 1 aliphatic rings. The van der Waals surface area contributed by atoms with Gasteiger partial charge in [0.05, 0.1) is 11.6 Å². The summed E-state index contributed by atoms with van der Waals surface area (Å²) in [7, 11) is 0. The Balaban J connectivity index is 1.86. The summed E-state index contributed by atoms with van der Waals surface area (Å²) in [4.78, 5) is 14.4. The Hall–Kier alpha value is -2.17. The number of hydrogen-bond acceptors (Lipinski definition) is 2. The number of aryl methyl sites for hydroxylation is 1. The maximum Gasteiger partial charge on any atom is 0.274 e. The molecule has 0 aliphatic carbocycles. The first-order chi connectivity index (χ1) is 10.8. The molecule has 122 valence electrons. The molecule has 1 amide bonds. The summed E-state index contributed by atoms with van der Waals surface area (Å²) < 4.78 is 15.8. The Morgan fingerprint density at radius 1 is 1.30 bits per heavy atom. The first-order valence-corrected chi connectivity index (χ1v) is 7.91. The number of nitrogens with zero attached hydrogens (tertiary/aromatic N) is 3. The summed E-state index contributed by atoms with van der Waals surface area (Å²) in [6, 6.07) is 8.27. The molecule has 0 bridgehead atoms. The predicted molar refractivity (Wildman–Crippen MR) is 86.8 cm³/mol. The van der Waals surface area contributed by atoms with Crippen LogP contribution in [-0.2, 0) is 5.54 Å². The van der Waals surface area contributed by atoms with Crippen LogP contribution in [-0.4, -0.2) is 27.1 Å². The Bertz CT molecular complexity index is 745. The minimum Gasteiger partial charge on any atom is -0.330 e. The highest BCUT2D eigenvalue weighted by Gasteiger charge is 2.36. The molecule has 4 nitrogen and oxygen atoms in total. The van der Waals surface area contributed by atoms with Crippen molar-refractivity contribution in [2.24, 2.45) is 0 Å². The summed E-state index contributed by atoms with van der Waals surface area (Å²) in [5.41, 5.74) is 1.78. The standard InChI is InChI=1S/C18H22FN3O/c1-12-11-15(20-22(12)18(2,3)4)17(23)21-10-9-16(21)13-7-5-6-8-14(13)19/h5-8,11,16H,9-10H2,1-4H3/t16-/m1/s1. The van der Waals surface area contributed by atoms with Gasteiger partial charge in [0.2, 0.25) is 0 Å². The summed E-state index contributed by atoms with van der Waals surface area (Å²) >= 11 is 0. The molecule has 1 atom stereocenters. The molecule has 2 aromatic rings. The molecule has 1 aromatic carbocycles. The van der Waals surface area contributed by atoms with Crippen molar-refractivity contribution in [2.75, 3.05) is 6.54 Å². The first kappa shape index (κ1) is 15.7. The monoisotopic (exact) mass is 315 g/mol. The van der Waals surface area contributed by atoms with Crippen molar-refractivity contribution in [3.8, 4) is 0 Å². The highest BCUT2D eigenvalue weighted by molar-refractivity contribution is 5.93. The zero-order chi connectivity index (χ0) is 16.8. The van der Waals surface area contributed by atoms with Crippen molar-refractivity contribution in [2.45, 2.75) is 45.7 Å². The second-order valence-corrected chi connectivity index (χ2v) is 7.08. The second kappa shape index (κ2) is 5.48. The Labute approximate surface area is 135 Å². The minimum atomic E-state index is -0.258. The molecule has 1 aliphatic heterocycles. The number of rotatable bonds is 2. The largest absolute Gasteiger partial charge is 0.330 e. The maximum absolute atomic E-state index is 14.0. The van der Waals surface area contributed by atoms with Gasteiger partial charge in [-0.1, -0.05) is 18.2 Å². The molecule has 0 saturated carbocycles. The molecular weight excluding hydrogens is 293 g/mol. The van der Waals surface area contributed by atoms with Crippen LogP contribution < -0.4 is 0 Å². The molecule has 23 heavy (non-hydrogen) atoms. The van der Waals surface area contributed by atoms with E-state index in [4.69, 9.17) is 0 Å². The third-order valence-electron chi connectivity index (χ3n) is 4.29. The Morgan fingerprint density at radius 2 is 2.00 bits per heavy atom. The molecule has 1 aromatic heterocycles. The third-order valence-corrected chi connectivity index (χ3v) is 4.29. The number of aromatic nitrogens is 2. The van der Waals surface area contributed by atoms with Gasteiger partial charge in [0.15, 0.2) is 5.69 Å². The van der Waals surface area contributed by atoms with Gasteiger partial charge in [0.25, 0.3) is 5.91 Å². The molecule has 0 N–H and O–H groups in total. The number of halogens is 1. The summed E-state index contributed by atoms with van der Waals surface area (Å²) in [6.07, 6.45) is 0.783. The Kier molecular flexibility index (Phi) is 3.74. The molecule has 0 unspecified atom stereocenters. The molecule has 0 radical (unpaired) electrons. The lowest BCUT2D eigenvalue weighted by Gasteiger charge is -2.41. The Morgan fingerprint density at radius 3 is 2.52 bits per heavy atom. The number of amides is 1. The molecule has 2 heterocycles. The lowest BCUT2D eigenvalue weighted by atomic mass is 9.94. The number of carbonyl (C=O) groups is 1. The van der Waals surface area contributed by atoms with Crippen LogP contribution in [0.5, 0.6) is 0 Å². The number of carbonyl (C=O) groups excluding carboxylic acids is 1. The van der Waals surface area contributed by atoms with Crippen molar-refractivity contribution in [1.29, 1.82) is 0 Å². The van der Waals surface area contributed by atoms with Crippen LogP contribution in [0.25, 0.3) is 0 Å². The predicted octanol–water partition coefficient (Wildman–Crippen LogP) is 3.67. The average Bonchev–Trinajstić information content (AvgIpc) is 2.82. The van der Waals surface area contributed by atoms with Crippen molar-refractivity contribution in [1.82, 2.24) is 14.7 Å². The quantitative estimate of drug-likeness (QED) is 0.848. The maximum atomic E-state index is 14.0. The van der Waals surface area contributed by atoms with Crippen LogP contribution in [0.1, 0.15) is 55.0 Å². The van der Waals surface area contributed by atoms with Gasteiger partial charge >= 0.3 is 0 Å². The van der Waals surface area contributed by atoms with Crippen LogP contribution in [0, 0.1) is 12.7 Å². The highest BCUT2D eigenvalue weighted by Crippen LogP contribution is 2.35. The average molecular weight is 315 g/mol. The lowest BCUT2D eigenvalue weighted by molar-refractivity contribution is 0.0445. The highest BCUT2D eigenvalue weighted by atomic mass is 19.1. The van der Waals surface area contributed by atoms with Gasteiger partial charge < -0.3 is 4.90 Å². The lowest BCUT2D eigenvalue weighted by Crippen LogP contribution is -2.45. The second-order valence-electron chi connectivity index (χ2n) is 7.08. The van der Waals surface area contributed by atoms with Crippen molar-refractivity contribution in [3.05, 3.63) is 53.1 Å². The normalized spacial score (nSPS) is 18.0. The van der Waals surface area contributed by atoms with Gasteiger partial charge in [-0.3, -0.25) is 9.48 Å². The van der Waals surface area contributed by atoms with Gasteiger partial charge in [-0.25, -0.2) is 4.39 Å². The van der Waals surface area contributed by atoms with Gasteiger partial charge in [0.1, 0.15) is 5.82 Å². The van der Waals surface area contributed by atoms with Gasteiger partial charge in [-0.15, -0.1) is 0 Å². The van der Waals surface area contributed by atoms with Crippen molar-refractivity contribution >= 4 is 5.91 Å². The summed E-state index contributed by atoms with van der Waals surface area (Å²) in [5, 5.41) is 4.47. The molecular formula is C18H22FN3O. The number of likely N-dealkylation sites (tertiary alicyclic amines) is 1. The molecule has 0 spiro atoms. The van der Waals surface area contributed by atoms with Crippen molar-refractivity contribution < 1.29 is 9.18 Å². The zero-order valence-electron chi connectivity index (χ0n) is 14.0. The van der Waals surface area contributed by atoms with Gasteiger partial charge in [-0.05, 0) is 46.2 Å². The summed E-state index contributed by atoms with van der Waals surface area (Å²) in [5.74, 6) is -0.387. The van der Waals surface area contributed by atoms with E-state index >= 15 is 0 Å². The van der Waals surface area contributed by atoms with E-state index in [0.29, 0.717) is 17.8 Å². The smallest absolute Gasteiger partial charge is 0.274 e. The van der Waals surface area contributed by atoms with Crippen LogP contribution in [0.15, 0.2) is 30.3 Å². The molecule has 1 fully saturated rings. The first-order valence-electron chi connectivity index (χ1n) is 7.91.